The molecule has 0 aromatic heterocycles. The molecule has 0 aromatic carbocycles. The van der Waals surface area contributed by atoms with Crippen LogP contribution in [0.4, 0.5) is 0 Å². The molecule has 16 heavy (non-hydrogen) atoms. The normalized spacial score (nSPS) is 26.1. The van der Waals surface area contributed by atoms with Crippen LogP contribution >= 0.6 is 0 Å². The van der Waals surface area contributed by atoms with E-state index in [2.05, 4.69) is 9.98 Å². The second kappa shape index (κ2) is 5.34. The van der Waals surface area contributed by atoms with Crippen molar-refractivity contribution in [2.24, 2.45) is 38.8 Å². The summed E-state index contributed by atoms with van der Waals surface area (Å²) in [6.45, 7) is 0. The number of primary amides is 1. The molecule has 1 aliphatic carbocycles. The average molecular weight is 226 g/mol. The molecule has 7 heteroatoms. The fourth-order valence-corrected chi connectivity index (χ4v) is 1.84. The zero-order chi connectivity index (χ0) is 12.1. The van der Waals surface area contributed by atoms with E-state index in [9.17, 15) is 4.79 Å². The van der Waals surface area contributed by atoms with Gasteiger partial charge < -0.3 is 22.9 Å². The van der Waals surface area contributed by atoms with Gasteiger partial charge in [0.15, 0.2) is 5.96 Å². The third kappa shape index (κ3) is 3.76. The first kappa shape index (κ1) is 12.3. The minimum absolute atomic E-state index is 0.0317. The summed E-state index contributed by atoms with van der Waals surface area (Å²) in [6.07, 6.45) is 3.07. The monoisotopic (exact) mass is 226 g/mol. The van der Waals surface area contributed by atoms with E-state index < -0.39 is 0 Å². The maximum Gasteiger partial charge on any atom is 0.220 e. The van der Waals surface area contributed by atoms with Crippen LogP contribution in [0.25, 0.3) is 0 Å². The lowest BCUT2D eigenvalue weighted by Gasteiger charge is -2.23. The second-order valence-electron chi connectivity index (χ2n) is 3.93. The van der Waals surface area contributed by atoms with Gasteiger partial charge in [-0.1, -0.05) is 0 Å². The van der Waals surface area contributed by atoms with Gasteiger partial charge in [-0.3, -0.25) is 4.79 Å². The van der Waals surface area contributed by atoms with E-state index in [1.165, 1.54) is 0 Å². The van der Waals surface area contributed by atoms with Crippen molar-refractivity contribution in [2.75, 3.05) is 0 Å². The largest absolute Gasteiger partial charge is 0.370 e. The van der Waals surface area contributed by atoms with Gasteiger partial charge in [-0.25, -0.2) is 4.99 Å². The maximum absolute atomic E-state index is 10.9. The molecule has 0 bridgehead atoms. The van der Waals surface area contributed by atoms with Crippen molar-refractivity contribution in [2.45, 2.75) is 31.7 Å². The SMILES string of the molecule is NC(=O)C1CCC(N=C(N)N=C(N)N)CC1. The van der Waals surface area contributed by atoms with E-state index in [0.717, 1.165) is 25.7 Å². The van der Waals surface area contributed by atoms with Crippen LogP contribution in [0.3, 0.4) is 0 Å². The first-order valence-electron chi connectivity index (χ1n) is 5.21. The van der Waals surface area contributed by atoms with Crippen molar-refractivity contribution in [1.29, 1.82) is 0 Å². The zero-order valence-corrected chi connectivity index (χ0v) is 9.10. The summed E-state index contributed by atoms with van der Waals surface area (Å²) < 4.78 is 0. The number of guanidine groups is 2. The van der Waals surface area contributed by atoms with Gasteiger partial charge in [-0.05, 0) is 25.7 Å². The molecule has 1 amide bonds. The molecule has 1 rings (SSSR count). The summed E-state index contributed by atoms with van der Waals surface area (Å²) in [6, 6.07) is 0.0821. The fourth-order valence-electron chi connectivity index (χ4n) is 1.84. The summed E-state index contributed by atoms with van der Waals surface area (Å²) in [7, 11) is 0. The molecule has 0 aliphatic heterocycles. The van der Waals surface area contributed by atoms with Crippen LogP contribution in [0.1, 0.15) is 25.7 Å². The lowest BCUT2D eigenvalue weighted by Crippen LogP contribution is -2.30. The van der Waals surface area contributed by atoms with Crippen LogP contribution < -0.4 is 22.9 Å². The van der Waals surface area contributed by atoms with Gasteiger partial charge >= 0.3 is 0 Å². The van der Waals surface area contributed by atoms with E-state index in [0.29, 0.717) is 0 Å². The molecule has 0 aromatic rings. The smallest absolute Gasteiger partial charge is 0.220 e. The molecule has 0 spiro atoms. The number of nitrogens with two attached hydrogens (primary N) is 4. The minimum atomic E-state index is -0.236. The molecule has 0 atom stereocenters. The molecule has 1 fully saturated rings. The van der Waals surface area contributed by atoms with Crippen LogP contribution in [0.5, 0.6) is 0 Å². The van der Waals surface area contributed by atoms with Gasteiger partial charge in [0.25, 0.3) is 0 Å². The van der Waals surface area contributed by atoms with Crippen molar-refractivity contribution in [3.8, 4) is 0 Å². The van der Waals surface area contributed by atoms with Crippen LogP contribution in [-0.4, -0.2) is 23.9 Å². The van der Waals surface area contributed by atoms with E-state index in [-0.39, 0.29) is 29.8 Å². The summed E-state index contributed by atoms with van der Waals surface area (Å²) in [5, 5.41) is 0. The molecule has 1 aliphatic rings. The van der Waals surface area contributed by atoms with Crippen LogP contribution in [0.15, 0.2) is 9.98 Å². The molecular formula is C9H18N6O. The summed E-state index contributed by atoms with van der Waals surface area (Å²) in [5.41, 5.74) is 21.1. The predicted octanol–water partition coefficient (Wildman–Crippen LogP) is -1.38. The summed E-state index contributed by atoms with van der Waals surface area (Å²) >= 11 is 0. The molecule has 0 unspecified atom stereocenters. The lowest BCUT2D eigenvalue weighted by atomic mass is 9.86. The Bertz CT molecular complexity index is 312. The van der Waals surface area contributed by atoms with E-state index in [1.807, 2.05) is 0 Å². The highest BCUT2D eigenvalue weighted by Gasteiger charge is 2.24. The highest BCUT2D eigenvalue weighted by molar-refractivity contribution is 5.92. The number of nitrogens with zero attached hydrogens (tertiary/aromatic N) is 2. The Morgan fingerprint density at radius 3 is 2.00 bits per heavy atom. The van der Waals surface area contributed by atoms with Crippen molar-refractivity contribution in [3.63, 3.8) is 0 Å². The maximum atomic E-state index is 10.9. The Labute approximate surface area is 94.0 Å². The molecule has 90 valence electrons. The number of carbonyl (C=O) groups excluding carboxylic acids is 1. The van der Waals surface area contributed by atoms with Crippen molar-refractivity contribution in [1.82, 2.24) is 0 Å². The number of rotatable bonds is 2. The van der Waals surface area contributed by atoms with Gasteiger partial charge in [-0.2, -0.15) is 4.99 Å². The van der Waals surface area contributed by atoms with Crippen LogP contribution in [-0.2, 0) is 4.79 Å². The molecule has 0 saturated heterocycles. The fraction of sp³-hybridized carbons (Fsp3) is 0.667. The number of aliphatic imine (C=N–C) groups is 2. The Morgan fingerprint density at radius 2 is 1.56 bits per heavy atom. The molecule has 1 saturated carbocycles. The summed E-state index contributed by atoms with van der Waals surface area (Å²) in [5.74, 6) is -0.287. The molecule has 8 N–H and O–H groups in total. The Balaban J connectivity index is 2.48. The molecule has 0 radical (unpaired) electrons. The third-order valence-corrected chi connectivity index (χ3v) is 2.66. The number of carbonyl (C=O) groups is 1. The summed E-state index contributed by atoms with van der Waals surface area (Å²) in [4.78, 5) is 18.7. The van der Waals surface area contributed by atoms with Crippen molar-refractivity contribution in [3.05, 3.63) is 0 Å². The van der Waals surface area contributed by atoms with Crippen molar-refractivity contribution >= 4 is 17.8 Å². The average Bonchev–Trinajstić information content (AvgIpc) is 2.16. The zero-order valence-electron chi connectivity index (χ0n) is 9.10. The van der Waals surface area contributed by atoms with Gasteiger partial charge in [0.05, 0.1) is 6.04 Å². The Hall–Kier alpha value is -1.79. The van der Waals surface area contributed by atoms with E-state index >= 15 is 0 Å². The third-order valence-electron chi connectivity index (χ3n) is 2.66. The van der Waals surface area contributed by atoms with E-state index in [4.69, 9.17) is 22.9 Å². The lowest BCUT2D eigenvalue weighted by molar-refractivity contribution is -0.122. The quantitative estimate of drug-likeness (QED) is 0.339. The standard InChI is InChI=1S/C9H18N6O/c10-7(16)5-1-3-6(4-2-5)14-9(13)15-8(11)12/h5-6H,1-4H2,(H2,10,16)(H6,11,12,13,14,15). The topological polar surface area (TPSA) is 146 Å². The van der Waals surface area contributed by atoms with Crippen LogP contribution in [0.2, 0.25) is 0 Å². The highest BCUT2D eigenvalue weighted by atomic mass is 16.1. The first-order valence-corrected chi connectivity index (χ1v) is 5.21. The minimum Gasteiger partial charge on any atom is -0.370 e. The highest BCUT2D eigenvalue weighted by Crippen LogP contribution is 2.25. The first-order chi connectivity index (χ1) is 7.49. The number of amides is 1. The molecular weight excluding hydrogens is 208 g/mol. The van der Waals surface area contributed by atoms with Crippen LogP contribution in [0, 0.1) is 5.92 Å². The van der Waals surface area contributed by atoms with Gasteiger partial charge in [0.2, 0.25) is 11.9 Å². The number of hydrogen-bond donors (Lipinski definition) is 4. The Kier molecular flexibility index (Phi) is 4.10. The van der Waals surface area contributed by atoms with E-state index in [1.54, 1.807) is 0 Å². The number of hydrogen-bond acceptors (Lipinski definition) is 2. The van der Waals surface area contributed by atoms with Gasteiger partial charge in [0.1, 0.15) is 0 Å². The predicted molar refractivity (Wildman–Crippen MR) is 62.4 cm³/mol. The van der Waals surface area contributed by atoms with Crippen molar-refractivity contribution < 1.29 is 4.79 Å². The van der Waals surface area contributed by atoms with Gasteiger partial charge in [0, 0.05) is 5.92 Å². The van der Waals surface area contributed by atoms with Gasteiger partial charge in [-0.15, -0.1) is 0 Å². The molecule has 7 nitrogen and oxygen atoms in total. The second-order valence-corrected chi connectivity index (χ2v) is 3.93. The Morgan fingerprint density at radius 1 is 1.00 bits per heavy atom. The molecule has 0 heterocycles.